The number of nitrogens with zero attached hydrogens (tertiary/aromatic N) is 5. The molecule has 0 unspecified atom stereocenters. The van der Waals surface area contributed by atoms with Crippen molar-refractivity contribution in [3.63, 3.8) is 0 Å². The topological polar surface area (TPSA) is 95.7 Å². The molecule has 86 valence electrons. The van der Waals surface area contributed by atoms with Crippen LogP contribution in [0.3, 0.4) is 0 Å². The van der Waals surface area contributed by atoms with Crippen LogP contribution in [-0.4, -0.2) is 25.1 Å². The molecule has 0 saturated heterocycles. The molecular formula is C9H14N6O. The van der Waals surface area contributed by atoms with E-state index in [0.29, 0.717) is 24.1 Å². The summed E-state index contributed by atoms with van der Waals surface area (Å²) in [6.45, 7) is 6.26. The molecule has 0 atom stereocenters. The summed E-state index contributed by atoms with van der Waals surface area (Å²) in [5, 5.41) is 11.5. The summed E-state index contributed by atoms with van der Waals surface area (Å²) in [7, 11) is 0. The smallest absolute Gasteiger partial charge is 0.229 e. The highest BCUT2D eigenvalue weighted by Gasteiger charge is 2.12. The van der Waals surface area contributed by atoms with E-state index in [-0.39, 0.29) is 5.92 Å². The summed E-state index contributed by atoms with van der Waals surface area (Å²) in [6.07, 6.45) is 0. The minimum Gasteiger partial charge on any atom is -0.381 e. The van der Waals surface area contributed by atoms with Crippen LogP contribution in [0.1, 0.15) is 37.2 Å². The normalized spacial score (nSPS) is 11.2. The van der Waals surface area contributed by atoms with E-state index in [1.807, 2.05) is 20.8 Å². The molecule has 0 spiro atoms. The van der Waals surface area contributed by atoms with Gasteiger partial charge in [0.15, 0.2) is 11.6 Å². The third kappa shape index (κ3) is 1.88. The zero-order valence-electron chi connectivity index (χ0n) is 9.51. The highest BCUT2D eigenvalue weighted by atomic mass is 16.5. The molecule has 0 radical (unpaired) electrons. The van der Waals surface area contributed by atoms with E-state index in [1.54, 1.807) is 4.68 Å². The Balaban J connectivity index is 2.17. The molecule has 0 bridgehead atoms. The van der Waals surface area contributed by atoms with E-state index in [0.717, 1.165) is 5.69 Å². The van der Waals surface area contributed by atoms with Gasteiger partial charge in [0, 0.05) is 5.92 Å². The zero-order chi connectivity index (χ0) is 11.7. The van der Waals surface area contributed by atoms with Gasteiger partial charge in [0.1, 0.15) is 6.54 Å². The van der Waals surface area contributed by atoms with Gasteiger partial charge in [-0.05, 0) is 6.92 Å². The molecule has 7 heteroatoms. The molecule has 2 N–H and O–H groups in total. The van der Waals surface area contributed by atoms with Gasteiger partial charge in [-0.2, -0.15) is 4.98 Å². The Labute approximate surface area is 92.6 Å². The largest absolute Gasteiger partial charge is 0.381 e. The van der Waals surface area contributed by atoms with Gasteiger partial charge in [0.05, 0.1) is 5.69 Å². The SMILES string of the molecule is Cc1c(N)nnn1Cc1noc(C(C)C)n1. The Kier molecular flexibility index (Phi) is 2.59. The molecular weight excluding hydrogens is 208 g/mol. The summed E-state index contributed by atoms with van der Waals surface area (Å²) in [5.74, 6) is 1.85. The minimum atomic E-state index is 0.225. The van der Waals surface area contributed by atoms with E-state index < -0.39 is 0 Å². The number of rotatable bonds is 3. The Morgan fingerprint density at radius 2 is 2.19 bits per heavy atom. The molecule has 2 aromatic rings. The van der Waals surface area contributed by atoms with Crippen LogP contribution < -0.4 is 5.73 Å². The van der Waals surface area contributed by atoms with Crippen LogP contribution in [0.5, 0.6) is 0 Å². The fraction of sp³-hybridized carbons (Fsp3) is 0.556. The van der Waals surface area contributed by atoms with Crippen LogP contribution in [0, 0.1) is 6.92 Å². The second-order valence-electron chi connectivity index (χ2n) is 3.92. The first-order valence-corrected chi connectivity index (χ1v) is 5.06. The van der Waals surface area contributed by atoms with E-state index >= 15 is 0 Å². The fourth-order valence-corrected chi connectivity index (χ4v) is 1.22. The van der Waals surface area contributed by atoms with Gasteiger partial charge < -0.3 is 10.3 Å². The van der Waals surface area contributed by atoms with Crippen molar-refractivity contribution in [2.24, 2.45) is 0 Å². The molecule has 2 rings (SSSR count). The van der Waals surface area contributed by atoms with Crippen molar-refractivity contribution in [3.05, 3.63) is 17.4 Å². The lowest BCUT2D eigenvalue weighted by Crippen LogP contribution is -2.06. The van der Waals surface area contributed by atoms with E-state index in [1.165, 1.54) is 0 Å². The number of anilines is 1. The molecule has 0 aromatic carbocycles. The number of nitrogen functional groups attached to an aromatic ring is 1. The first kappa shape index (κ1) is 10.6. The van der Waals surface area contributed by atoms with Gasteiger partial charge >= 0.3 is 0 Å². The molecule has 0 aliphatic heterocycles. The molecule has 16 heavy (non-hydrogen) atoms. The van der Waals surface area contributed by atoms with E-state index in [4.69, 9.17) is 10.3 Å². The first-order valence-electron chi connectivity index (χ1n) is 5.06. The third-order valence-electron chi connectivity index (χ3n) is 2.29. The lowest BCUT2D eigenvalue weighted by atomic mass is 10.2. The van der Waals surface area contributed by atoms with Crippen LogP contribution in [0.25, 0.3) is 0 Å². The maximum absolute atomic E-state index is 5.59. The lowest BCUT2D eigenvalue weighted by Gasteiger charge is -1.97. The molecule has 0 fully saturated rings. The van der Waals surface area contributed by atoms with Gasteiger partial charge in [-0.1, -0.05) is 24.2 Å². The average Bonchev–Trinajstić information content (AvgIpc) is 2.81. The van der Waals surface area contributed by atoms with Gasteiger partial charge in [-0.15, -0.1) is 5.10 Å². The van der Waals surface area contributed by atoms with Gasteiger partial charge in [0.2, 0.25) is 5.89 Å². The molecule has 0 amide bonds. The van der Waals surface area contributed by atoms with Crippen molar-refractivity contribution in [1.29, 1.82) is 0 Å². The predicted molar refractivity (Wildman–Crippen MR) is 56.7 cm³/mol. The van der Waals surface area contributed by atoms with Gasteiger partial charge in [0.25, 0.3) is 0 Å². The van der Waals surface area contributed by atoms with Crippen LogP contribution in [-0.2, 0) is 6.54 Å². The molecule has 2 heterocycles. The maximum Gasteiger partial charge on any atom is 0.229 e. The van der Waals surface area contributed by atoms with Crippen LogP contribution in [0.4, 0.5) is 5.82 Å². The summed E-state index contributed by atoms with van der Waals surface area (Å²) in [5.41, 5.74) is 6.39. The highest BCUT2D eigenvalue weighted by Crippen LogP contribution is 2.12. The first-order chi connectivity index (χ1) is 7.58. The summed E-state index contributed by atoms with van der Waals surface area (Å²) >= 11 is 0. The van der Waals surface area contributed by atoms with Crippen LogP contribution in [0.15, 0.2) is 4.52 Å². The average molecular weight is 222 g/mol. The number of aromatic nitrogens is 5. The van der Waals surface area contributed by atoms with Crippen molar-refractivity contribution in [3.8, 4) is 0 Å². The van der Waals surface area contributed by atoms with Gasteiger partial charge in [-0.25, -0.2) is 4.68 Å². The van der Waals surface area contributed by atoms with E-state index in [9.17, 15) is 0 Å². The monoisotopic (exact) mass is 222 g/mol. The number of hydrogen-bond donors (Lipinski definition) is 1. The van der Waals surface area contributed by atoms with Crippen molar-refractivity contribution >= 4 is 5.82 Å². The molecule has 0 aliphatic carbocycles. The Hall–Kier alpha value is -1.92. The Morgan fingerprint density at radius 1 is 1.44 bits per heavy atom. The zero-order valence-corrected chi connectivity index (χ0v) is 9.51. The third-order valence-corrected chi connectivity index (χ3v) is 2.29. The number of hydrogen-bond acceptors (Lipinski definition) is 6. The van der Waals surface area contributed by atoms with Crippen molar-refractivity contribution in [2.45, 2.75) is 33.2 Å². The predicted octanol–water partition coefficient (Wildman–Crippen LogP) is 0.723. The van der Waals surface area contributed by atoms with Gasteiger partial charge in [-0.3, -0.25) is 0 Å². The Morgan fingerprint density at radius 3 is 2.69 bits per heavy atom. The van der Waals surface area contributed by atoms with Crippen LogP contribution in [0.2, 0.25) is 0 Å². The maximum atomic E-state index is 5.59. The van der Waals surface area contributed by atoms with Crippen molar-refractivity contribution in [2.75, 3.05) is 5.73 Å². The van der Waals surface area contributed by atoms with Crippen molar-refractivity contribution in [1.82, 2.24) is 25.1 Å². The molecule has 2 aromatic heterocycles. The summed E-state index contributed by atoms with van der Waals surface area (Å²) in [4.78, 5) is 4.25. The quantitative estimate of drug-likeness (QED) is 0.822. The van der Waals surface area contributed by atoms with Crippen LogP contribution >= 0.6 is 0 Å². The second kappa shape index (κ2) is 3.92. The lowest BCUT2D eigenvalue weighted by molar-refractivity contribution is 0.359. The molecule has 0 saturated carbocycles. The summed E-state index contributed by atoms with van der Waals surface area (Å²) in [6, 6.07) is 0. The molecule has 0 aliphatic rings. The Bertz CT molecular complexity index is 486. The minimum absolute atomic E-state index is 0.225. The fourth-order valence-electron chi connectivity index (χ4n) is 1.22. The van der Waals surface area contributed by atoms with E-state index in [2.05, 4.69) is 20.5 Å². The molecule has 7 nitrogen and oxygen atoms in total. The highest BCUT2D eigenvalue weighted by molar-refractivity contribution is 5.31. The standard InChI is InChI=1S/C9H14N6O/c1-5(2)9-11-7(13-16-9)4-15-6(3)8(10)12-14-15/h5H,4,10H2,1-3H3. The van der Waals surface area contributed by atoms with Crippen molar-refractivity contribution < 1.29 is 4.52 Å². The number of nitrogens with two attached hydrogens (primary N) is 1. The second-order valence-corrected chi connectivity index (χ2v) is 3.92. The summed E-state index contributed by atoms with van der Waals surface area (Å²) < 4.78 is 6.73.